The summed E-state index contributed by atoms with van der Waals surface area (Å²) < 4.78 is 25.0. The molecule has 2 rings (SSSR count). The molecule has 0 bridgehead atoms. The molecule has 0 radical (unpaired) electrons. The lowest BCUT2D eigenvalue weighted by molar-refractivity contribution is 0.595. The summed E-state index contributed by atoms with van der Waals surface area (Å²) in [5.41, 5.74) is 0.905. The van der Waals surface area contributed by atoms with E-state index in [-0.39, 0.29) is 10.0 Å². The van der Waals surface area contributed by atoms with Crippen LogP contribution < -0.4 is 5.14 Å². The number of hydrogen-bond acceptors (Lipinski definition) is 5. The summed E-state index contributed by atoms with van der Waals surface area (Å²) in [6.45, 7) is 3.64. The molecule has 2 aromatic heterocycles. The van der Waals surface area contributed by atoms with Crippen molar-refractivity contribution in [3.05, 3.63) is 28.7 Å². The van der Waals surface area contributed by atoms with E-state index in [0.29, 0.717) is 30.0 Å². The van der Waals surface area contributed by atoms with Gasteiger partial charge in [0.1, 0.15) is 4.90 Å². The van der Waals surface area contributed by atoms with Crippen molar-refractivity contribution in [2.24, 2.45) is 5.14 Å². The van der Waals surface area contributed by atoms with Crippen molar-refractivity contribution in [3.63, 3.8) is 0 Å². The molecule has 2 aromatic rings. The lowest BCUT2D eigenvalue weighted by Gasteiger charge is -2.05. The highest BCUT2D eigenvalue weighted by molar-refractivity contribution is 7.89. The topological polar surface area (TPSA) is 104 Å². The first kappa shape index (κ1) is 14.9. The smallest absolute Gasteiger partial charge is 0.225 e. The van der Waals surface area contributed by atoms with Crippen LogP contribution in [0.5, 0.6) is 0 Å². The minimum absolute atomic E-state index is 0.0688. The van der Waals surface area contributed by atoms with Crippen LogP contribution in [-0.4, -0.2) is 28.4 Å². The molecule has 20 heavy (non-hydrogen) atoms. The maximum atomic E-state index is 11.8. The molecule has 7 nitrogen and oxygen atoms in total. The van der Waals surface area contributed by atoms with Gasteiger partial charge in [-0.2, -0.15) is 5.10 Å². The van der Waals surface area contributed by atoms with E-state index in [1.165, 1.54) is 4.68 Å². The first-order valence-corrected chi connectivity index (χ1v) is 7.94. The SMILES string of the molecule is CCc1nn(-c2ccc(Cl)nn2)c(CC)c1S(N)(=O)=O. The lowest BCUT2D eigenvalue weighted by atomic mass is 10.2. The molecule has 0 aliphatic heterocycles. The second-order valence-corrected chi connectivity index (χ2v) is 5.99. The monoisotopic (exact) mass is 315 g/mol. The van der Waals surface area contributed by atoms with Gasteiger partial charge in [-0.1, -0.05) is 25.4 Å². The van der Waals surface area contributed by atoms with Crippen molar-refractivity contribution < 1.29 is 8.42 Å². The number of aryl methyl sites for hydroxylation is 1. The fourth-order valence-electron chi connectivity index (χ4n) is 1.97. The van der Waals surface area contributed by atoms with Crippen LogP contribution in [0.25, 0.3) is 5.82 Å². The Morgan fingerprint density at radius 3 is 2.40 bits per heavy atom. The van der Waals surface area contributed by atoms with Gasteiger partial charge in [0.15, 0.2) is 11.0 Å². The van der Waals surface area contributed by atoms with Gasteiger partial charge in [-0.05, 0) is 25.0 Å². The fourth-order valence-corrected chi connectivity index (χ4v) is 3.14. The summed E-state index contributed by atoms with van der Waals surface area (Å²) in [6, 6.07) is 3.18. The molecule has 0 saturated heterocycles. The van der Waals surface area contributed by atoms with Crippen LogP contribution in [0.4, 0.5) is 0 Å². The summed E-state index contributed by atoms with van der Waals surface area (Å²) in [4.78, 5) is 0.0688. The molecule has 0 spiro atoms. The van der Waals surface area contributed by atoms with Crippen molar-refractivity contribution in [1.29, 1.82) is 0 Å². The number of nitrogens with two attached hydrogens (primary N) is 1. The molecule has 0 unspecified atom stereocenters. The highest BCUT2D eigenvalue weighted by Crippen LogP contribution is 2.23. The fraction of sp³-hybridized carbons (Fsp3) is 0.364. The maximum Gasteiger partial charge on any atom is 0.241 e. The van der Waals surface area contributed by atoms with E-state index in [9.17, 15) is 8.42 Å². The average Bonchev–Trinajstić information content (AvgIpc) is 2.78. The summed E-state index contributed by atoms with van der Waals surface area (Å²) in [5.74, 6) is 0.399. The molecule has 0 fully saturated rings. The minimum atomic E-state index is -3.84. The van der Waals surface area contributed by atoms with Crippen LogP contribution in [0.2, 0.25) is 5.15 Å². The van der Waals surface area contributed by atoms with Crippen LogP contribution in [0.15, 0.2) is 17.0 Å². The van der Waals surface area contributed by atoms with Gasteiger partial charge in [-0.25, -0.2) is 18.2 Å². The number of halogens is 1. The van der Waals surface area contributed by atoms with Crippen LogP contribution in [0.1, 0.15) is 25.2 Å². The molecule has 9 heteroatoms. The highest BCUT2D eigenvalue weighted by atomic mass is 35.5. The Bertz CT molecular complexity index is 724. The zero-order valence-electron chi connectivity index (χ0n) is 11.0. The van der Waals surface area contributed by atoms with Gasteiger partial charge in [0.25, 0.3) is 0 Å². The molecule has 108 valence electrons. The Morgan fingerprint density at radius 2 is 1.95 bits per heavy atom. The van der Waals surface area contributed by atoms with E-state index in [1.54, 1.807) is 12.1 Å². The Balaban J connectivity index is 2.72. The molecule has 0 saturated carbocycles. The summed E-state index contributed by atoms with van der Waals surface area (Å²) in [5, 5.41) is 17.5. The Hall–Kier alpha value is -1.51. The average molecular weight is 316 g/mol. The number of rotatable bonds is 4. The van der Waals surface area contributed by atoms with Crippen molar-refractivity contribution in [2.45, 2.75) is 31.6 Å². The van der Waals surface area contributed by atoms with Gasteiger partial charge in [0.2, 0.25) is 10.0 Å². The summed E-state index contributed by atoms with van der Waals surface area (Å²) in [6.07, 6.45) is 0.899. The second kappa shape index (κ2) is 5.47. The van der Waals surface area contributed by atoms with Crippen molar-refractivity contribution >= 4 is 21.6 Å². The van der Waals surface area contributed by atoms with Gasteiger partial charge in [-0.15, -0.1) is 10.2 Å². The van der Waals surface area contributed by atoms with Gasteiger partial charge < -0.3 is 0 Å². The summed E-state index contributed by atoms with van der Waals surface area (Å²) >= 11 is 5.69. The van der Waals surface area contributed by atoms with Crippen LogP contribution in [-0.2, 0) is 22.9 Å². The summed E-state index contributed by atoms with van der Waals surface area (Å²) in [7, 11) is -3.84. The number of nitrogens with zero attached hydrogens (tertiary/aromatic N) is 4. The first-order valence-electron chi connectivity index (χ1n) is 6.01. The quantitative estimate of drug-likeness (QED) is 0.909. The van der Waals surface area contributed by atoms with E-state index in [2.05, 4.69) is 15.3 Å². The largest absolute Gasteiger partial charge is 0.241 e. The van der Waals surface area contributed by atoms with E-state index in [4.69, 9.17) is 16.7 Å². The van der Waals surface area contributed by atoms with Gasteiger partial charge in [-0.3, -0.25) is 0 Å². The highest BCUT2D eigenvalue weighted by Gasteiger charge is 2.25. The molecule has 0 atom stereocenters. The standard InChI is InChI=1S/C11H14ClN5O2S/c1-3-7-11(20(13,18)19)8(4-2)17(16-7)10-6-5-9(12)14-15-10/h5-6H,3-4H2,1-2H3,(H2,13,18,19). The zero-order valence-corrected chi connectivity index (χ0v) is 12.6. The van der Waals surface area contributed by atoms with E-state index >= 15 is 0 Å². The van der Waals surface area contributed by atoms with Crippen molar-refractivity contribution in [2.75, 3.05) is 0 Å². The maximum absolute atomic E-state index is 11.8. The Labute approximate surface area is 121 Å². The molecule has 2 heterocycles. The number of sulfonamides is 1. The van der Waals surface area contributed by atoms with E-state index < -0.39 is 10.0 Å². The Kier molecular flexibility index (Phi) is 4.07. The first-order chi connectivity index (χ1) is 9.38. The van der Waals surface area contributed by atoms with Gasteiger partial charge >= 0.3 is 0 Å². The molecule has 2 N–H and O–H groups in total. The molecule has 0 aliphatic carbocycles. The third-order valence-electron chi connectivity index (χ3n) is 2.79. The molecule has 0 aliphatic rings. The van der Waals surface area contributed by atoms with Crippen LogP contribution in [0.3, 0.4) is 0 Å². The predicted molar refractivity (Wildman–Crippen MR) is 74.3 cm³/mol. The third-order valence-corrected chi connectivity index (χ3v) is 4.03. The van der Waals surface area contributed by atoms with Crippen molar-refractivity contribution in [1.82, 2.24) is 20.0 Å². The normalized spacial score (nSPS) is 11.8. The number of aromatic nitrogens is 4. The lowest BCUT2D eigenvalue weighted by Crippen LogP contribution is -2.16. The molecule has 0 aromatic carbocycles. The second-order valence-electron chi connectivity index (χ2n) is 4.10. The number of hydrogen-bond donors (Lipinski definition) is 1. The predicted octanol–water partition coefficient (Wildman–Crippen LogP) is 1.09. The van der Waals surface area contributed by atoms with Crippen LogP contribution >= 0.6 is 11.6 Å². The Morgan fingerprint density at radius 1 is 1.25 bits per heavy atom. The molecule has 0 amide bonds. The minimum Gasteiger partial charge on any atom is -0.225 e. The van der Waals surface area contributed by atoms with E-state index in [1.807, 2.05) is 13.8 Å². The molecular weight excluding hydrogens is 302 g/mol. The number of primary sulfonamides is 1. The van der Waals surface area contributed by atoms with Gasteiger partial charge in [0, 0.05) is 0 Å². The van der Waals surface area contributed by atoms with Crippen LogP contribution in [0, 0.1) is 0 Å². The van der Waals surface area contributed by atoms with Gasteiger partial charge in [0.05, 0.1) is 11.4 Å². The van der Waals surface area contributed by atoms with Crippen molar-refractivity contribution in [3.8, 4) is 5.82 Å². The van der Waals surface area contributed by atoms with E-state index in [0.717, 1.165) is 0 Å². The zero-order chi connectivity index (χ0) is 14.9. The molecular formula is C11H14ClN5O2S. The third kappa shape index (κ3) is 2.67.